The summed E-state index contributed by atoms with van der Waals surface area (Å²) < 4.78 is 73.5. The van der Waals surface area contributed by atoms with Gasteiger partial charge in [-0.3, -0.25) is 28.2 Å². The number of ether oxygens (including phenoxy) is 8. The van der Waals surface area contributed by atoms with Gasteiger partial charge in [0.25, 0.3) is 0 Å². The standard InChI is InChI=1S/C93H173O25P/c1-5-9-13-17-21-25-29-33-36-39-43-45-49-53-57-61-65-76(95)109-70-73(112-78(97)67-63-59-55-51-47-41-32-28-24-20-16-12-8-4)71-111-119(107,108)118-91-89(116-92-86(105)82(101)80(99)74(69-94)113-92)85(104)84(103)88(115-79(98)68-64-60-56-52-48-44-40-37-34-30-26-22-18-14-10-6-2)90(91)117-93-87(106)83(102)81(100)75(114-93)72-110-77(96)66-62-58-54-50-46-42-38-35-31-27-23-19-15-11-7-3/h27,31,73-75,80-94,99-106H,5-26,28-30,32-72H2,1-4H3,(H,107,108)/b31-27-. The lowest BCUT2D eigenvalue weighted by atomic mass is 9.84. The minimum atomic E-state index is -5.80. The molecule has 2 heterocycles. The summed E-state index contributed by atoms with van der Waals surface area (Å²) in [7, 11) is -5.80. The minimum Gasteiger partial charge on any atom is -0.463 e. The van der Waals surface area contributed by atoms with Crippen LogP contribution in [-0.2, 0) is 70.7 Å². The van der Waals surface area contributed by atoms with Gasteiger partial charge in [-0.2, -0.15) is 0 Å². The number of phosphoric acid groups is 1. The van der Waals surface area contributed by atoms with E-state index in [4.69, 9.17) is 46.9 Å². The molecule has 2 aliphatic heterocycles. The van der Waals surface area contributed by atoms with Crippen molar-refractivity contribution in [3.63, 3.8) is 0 Å². The second-order valence-electron chi connectivity index (χ2n) is 34.6. The molecule has 3 aliphatic rings. The van der Waals surface area contributed by atoms with Gasteiger partial charge in [0.05, 0.1) is 13.2 Å². The predicted octanol–water partition coefficient (Wildman–Crippen LogP) is 18.3. The van der Waals surface area contributed by atoms with Crippen LogP contribution in [0.25, 0.3) is 0 Å². The maximum absolute atomic E-state index is 14.9. The molecule has 0 aromatic rings. The first-order valence-electron chi connectivity index (χ1n) is 48.4. The van der Waals surface area contributed by atoms with Crippen LogP contribution in [-0.4, -0.2) is 205 Å². The second-order valence-corrected chi connectivity index (χ2v) is 36.0. The summed E-state index contributed by atoms with van der Waals surface area (Å²) in [5.74, 6) is -2.95. The molecule has 0 bridgehead atoms. The molecule has 26 heteroatoms. The lowest BCUT2D eigenvalue weighted by Crippen LogP contribution is -2.70. The fourth-order valence-electron chi connectivity index (χ4n) is 16.1. The van der Waals surface area contributed by atoms with Crippen LogP contribution in [0.1, 0.15) is 426 Å². The van der Waals surface area contributed by atoms with Gasteiger partial charge in [-0.25, -0.2) is 4.57 Å². The van der Waals surface area contributed by atoms with E-state index in [9.17, 15) is 74.6 Å². The first kappa shape index (κ1) is 110. The summed E-state index contributed by atoms with van der Waals surface area (Å²) in [6, 6.07) is 0. The number of carbonyl (C=O) groups excluding carboxylic acids is 4. The Morgan fingerprint density at radius 3 is 1.01 bits per heavy atom. The van der Waals surface area contributed by atoms with Gasteiger partial charge >= 0.3 is 31.7 Å². The number of phosphoric ester groups is 1. The molecule has 3 rings (SSSR count). The quantitative estimate of drug-likeness (QED) is 0.00889. The molecule has 3 fully saturated rings. The first-order valence-corrected chi connectivity index (χ1v) is 49.9. The highest BCUT2D eigenvalue weighted by Crippen LogP contribution is 2.49. The molecule has 2 saturated heterocycles. The van der Waals surface area contributed by atoms with Crippen molar-refractivity contribution in [2.75, 3.05) is 26.4 Å². The van der Waals surface area contributed by atoms with Crippen LogP contribution in [0.4, 0.5) is 0 Å². The van der Waals surface area contributed by atoms with Crippen molar-refractivity contribution in [2.24, 2.45) is 0 Å². The number of carbonyl (C=O) groups is 4. The van der Waals surface area contributed by atoms with E-state index in [1.165, 1.54) is 193 Å². The van der Waals surface area contributed by atoms with E-state index < -0.39 is 162 Å². The van der Waals surface area contributed by atoms with E-state index in [0.717, 1.165) is 148 Å². The number of hydrogen-bond donors (Lipinski definition) is 10. The normalized spacial score (nSPS) is 24.8. The van der Waals surface area contributed by atoms with Crippen LogP contribution in [0.15, 0.2) is 12.2 Å². The molecular formula is C93H173O25P. The van der Waals surface area contributed by atoms with Crippen molar-refractivity contribution in [3.05, 3.63) is 12.2 Å². The van der Waals surface area contributed by atoms with Crippen molar-refractivity contribution < 1.29 is 122 Å². The van der Waals surface area contributed by atoms with Gasteiger partial charge in [-0.05, 0) is 51.4 Å². The third-order valence-corrected chi connectivity index (χ3v) is 24.8. The van der Waals surface area contributed by atoms with Crippen LogP contribution in [0.5, 0.6) is 0 Å². The van der Waals surface area contributed by atoms with Crippen molar-refractivity contribution in [1.82, 2.24) is 0 Å². The largest absolute Gasteiger partial charge is 0.472 e. The van der Waals surface area contributed by atoms with Gasteiger partial charge in [0.2, 0.25) is 0 Å². The minimum absolute atomic E-state index is 0.0112. The predicted molar refractivity (Wildman–Crippen MR) is 463 cm³/mol. The molecule has 25 nitrogen and oxygen atoms in total. The molecule has 119 heavy (non-hydrogen) atoms. The number of hydrogen-bond acceptors (Lipinski definition) is 24. The maximum Gasteiger partial charge on any atom is 0.472 e. The van der Waals surface area contributed by atoms with Crippen molar-refractivity contribution in [3.8, 4) is 0 Å². The van der Waals surface area contributed by atoms with Gasteiger partial charge < -0.3 is 88.7 Å². The zero-order chi connectivity index (χ0) is 86.8. The van der Waals surface area contributed by atoms with Crippen LogP contribution in [0.2, 0.25) is 0 Å². The van der Waals surface area contributed by atoms with Crippen molar-refractivity contribution >= 4 is 31.7 Å². The molecule has 1 saturated carbocycles. The van der Waals surface area contributed by atoms with E-state index in [1.54, 1.807) is 0 Å². The number of allylic oxidation sites excluding steroid dienone is 2. The number of esters is 4. The summed E-state index contributed by atoms with van der Waals surface area (Å²) in [5, 5.41) is 102. The Hall–Kier alpha value is -2.79. The average molecular weight is 1720 g/mol. The van der Waals surface area contributed by atoms with Gasteiger partial charge in [0.1, 0.15) is 92.6 Å². The average Bonchev–Trinajstić information content (AvgIpc) is 0.750. The number of rotatable bonds is 79. The summed E-state index contributed by atoms with van der Waals surface area (Å²) >= 11 is 0. The Balaban J connectivity index is 1.90. The fraction of sp³-hybridized carbons (Fsp3) is 0.935. The lowest BCUT2D eigenvalue weighted by Gasteiger charge is -2.50. The highest BCUT2D eigenvalue weighted by Gasteiger charge is 2.60. The van der Waals surface area contributed by atoms with Crippen molar-refractivity contribution in [1.29, 1.82) is 0 Å². The molecule has 0 aromatic carbocycles. The maximum atomic E-state index is 14.9. The summed E-state index contributed by atoms with van der Waals surface area (Å²) in [6.45, 7) is 5.63. The Labute approximate surface area is 718 Å². The molecule has 0 radical (unpaired) electrons. The summed E-state index contributed by atoms with van der Waals surface area (Å²) in [6.07, 6.45) is 31.8. The molecule has 0 amide bonds. The number of unbranched alkanes of at least 4 members (excludes halogenated alkanes) is 53. The van der Waals surface area contributed by atoms with Crippen molar-refractivity contribution in [2.45, 2.75) is 530 Å². The third-order valence-electron chi connectivity index (χ3n) is 23.8. The first-order chi connectivity index (χ1) is 57.7. The molecule has 0 aromatic heterocycles. The zero-order valence-electron chi connectivity index (χ0n) is 74.7. The monoisotopic (exact) mass is 1720 g/mol. The van der Waals surface area contributed by atoms with Gasteiger partial charge in [0, 0.05) is 25.7 Å². The second kappa shape index (κ2) is 72.3. The molecule has 0 spiro atoms. The van der Waals surface area contributed by atoms with E-state index in [0.29, 0.717) is 32.1 Å². The SMILES string of the molecule is CCCCCC/C=C\CCCCCCCCCC(=O)OCC1OC(OC2C(OC(=O)CCCCCCCCCCCCCCCCCC)C(O)C(O)C(OC3OC(CO)C(O)C(O)C3O)C2OP(=O)(O)OCC(COC(=O)CCCCCCCCCCCCCCCCCC)OC(=O)CCCCCCCCCCCCCCC)C(O)C(O)C1O. The zero-order valence-corrected chi connectivity index (χ0v) is 75.6. The highest BCUT2D eigenvalue weighted by molar-refractivity contribution is 7.47. The van der Waals surface area contributed by atoms with Crippen LogP contribution in [0, 0.1) is 0 Å². The molecule has 1 aliphatic carbocycles. The molecule has 10 N–H and O–H groups in total. The Kier molecular flexibility index (Phi) is 67.0. The lowest BCUT2D eigenvalue weighted by molar-refractivity contribution is -0.360. The van der Waals surface area contributed by atoms with E-state index >= 15 is 0 Å². The number of aliphatic hydroxyl groups excluding tert-OH is 9. The van der Waals surface area contributed by atoms with Gasteiger partial charge in [0.15, 0.2) is 24.8 Å². The van der Waals surface area contributed by atoms with E-state index in [-0.39, 0.29) is 25.7 Å². The van der Waals surface area contributed by atoms with Crippen LogP contribution < -0.4 is 0 Å². The van der Waals surface area contributed by atoms with E-state index in [1.807, 2.05) is 0 Å². The Morgan fingerprint density at radius 2 is 0.630 bits per heavy atom. The fourth-order valence-corrected chi connectivity index (χ4v) is 17.0. The molecule has 18 unspecified atom stereocenters. The topological polar surface area (TPSA) is 380 Å². The molecule has 18 atom stereocenters. The van der Waals surface area contributed by atoms with Crippen LogP contribution in [0.3, 0.4) is 0 Å². The molecular weight excluding hydrogens is 1550 g/mol. The van der Waals surface area contributed by atoms with Gasteiger partial charge in [-0.1, -0.05) is 361 Å². The smallest absolute Gasteiger partial charge is 0.463 e. The highest BCUT2D eigenvalue weighted by atomic mass is 31.2. The summed E-state index contributed by atoms with van der Waals surface area (Å²) in [4.78, 5) is 66.5. The van der Waals surface area contributed by atoms with Gasteiger partial charge in [-0.15, -0.1) is 0 Å². The Morgan fingerprint density at radius 1 is 0.328 bits per heavy atom. The number of aliphatic hydroxyl groups is 9. The molecule has 700 valence electrons. The summed E-state index contributed by atoms with van der Waals surface area (Å²) in [5.41, 5.74) is 0. The van der Waals surface area contributed by atoms with Crippen LogP contribution >= 0.6 is 7.82 Å². The van der Waals surface area contributed by atoms with E-state index in [2.05, 4.69) is 39.8 Å². The Bertz CT molecular complexity index is 2520. The third kappa shape index (κ3) is 52.2.